The van der Waals surface area contributed by atoms with E-state index in [1.807, 2.05) is 11.5 Å². The Hall–Kier alpha value is -2.65. The molecule has 0 fully saturated rings. The van der Waals surface area contributed by atoms with E-state index in [0.717, 1.165) is 15.9 Å². The molecule has 32 heavy (non-hydrogen) atoms. The number of aromatic nitrogens is 3. The number of thioether (sulfide) groups is 1. The summed E-state index contributed by atoms with van der Waals surface area (Å²) < 4.78 is 2.80. The number of nitrogens with zero attached hydrogens (tertiary/aromatic N) is 4. The Labute approximate surface area is 200 Å². The molecule has 0 bridgehead atoms. The lowest BCUT2D eigenvalue weighted by Gasteiger charge is -2.19. The summed E-state index contributed by atoms with van der Waals surface area (Å²) in [5, 5.41) is 23.0. The van der Waals surface area contributed by atoms with Crippen LogP contribution in [0, 0.1) is 0 Å². The van der Waals surface area contributed by atoms with Gasteiger partial charge in [0.1, 0.15) is 5.75 Å². The molecular formula is C23H26BrN5O2S. The summed E-state index contributed by atoms with van der Waals surface area (Å²) in [5.41, 5.74) is 5.30. The Morgan fingerprint density at radius 3 is 2.59 bits per heavy atom. The van der Waals surface area contributed by atoms with Crippen LogP contribution in [-0.2, 0) is 16.8 Å². The second-order valence-corrected chi connectivity index (χ2v) is 10.0. The minimum atomic E-state index is -0.275. The first kappa shape index (κ1) is 24.0. The molecule has 0 saturated carbocycles. The normalized spacial score (nSPS) is 11.8. The van der Waals surface area contributed by atoms with Crippen LogP contribution in [0.1, 0.15) is 38.8 Å². The molecular weight excluding hydrogens is 490 g/mol. The molecule has 0 aliphatic carbocycles. The second kappa shape index (κ2) is 10.3. The van der Waals surface area contributed by atoms with Gasteiger partial charge in [-0.3, -0.25) is 4.79 Å². The topological polar surface area (TPSA) is 92.4 Å². The third-order valence-corrected chi connectivity index (χ3v) is 6.22. The number of carbonyl (C=O) groups is 1. The summed E-state index contributed by atoms with van der Waals surface area (Å²) in [6.45, 7) is 9.26. The Bertz CT molecular complexity index is 1120. The van der Waals surface area contributed by atoms with E-state index in [1.165, 1.54) is 23.5 Å². The first-order valence-electron chi connectivity index (χ1n) is 10.2. The molecule has 1 heterocycles. The number of phenols is 1. The lowest BCUT2D eigenvalue weighted by Crippen LogP contribution is -2.20. The maximum atomic E-state index is 12.2. The van der Waals surface area contributed by atoms with Crippen LogP contribution in [0.3, 0.4) is 0 Å². The van der Waals surface area contributed by atoms with Crippen molar-refractivity contribution in [1.29, 1.82) is 0 Å². The number of hydrazone groups is 1. The van der Waals surface area contributed by atoms with E-state index in [0.29, 0.717) is 17.3 Å². The van der Waals surface area contributed by atoms with Crippen molar-refractivity contribution < 1.29 is 9.90 Å². The molecule has 2 N–H and O–H groups in total. The average Bonchev–Trinajstić information content (AvgIpc) is 3.17. The standard InChI is InChI=1S/C23H26BrN5O2S/c1-5-29-21(15-6-8-17(9-7-15)23(2,3)4)27-28-22(29)32-14-20(31)26-25-13-16-12-18(24)10-11-19(16)30/h6-13,30H,5,14H2,1-4H3,(H,26,31)/b25-13+. The Morgan fingerprint density at radius 1 is 1.22 bits per heavy atom. The maximum Gasteiger partial charge on any atom is 0.250 e. The Balaban J connectivity index is 1.63. The molecule has 2 aromatic carbocycles. The molecule has 1 amide bonds. The van der Waals surface area contributed by atoms with E-state index in [9.17, 15) is 9.90 Å². The van der Waals surface area contributed by atoms with Crippen LogP contribution in [0.5, 0.6) is 5.75 Å². The van der Waals surface area contributed by atoms with E-state index in [2.05, 4.69) is 81.7 Å². The lowest BCUT2D eigenvalue weighted by molar-refractivity contribution is -0.118. The van der Waals surface area contributed by atoms with Gasteiger partial charge in [0.15, 0.2) is 11.0 Å². The number of benzene rings is 2. The number of amides is 1. The van der Waals surface area contributed by atoms with Crippen molar-refractivity contribution in [3.63, 3.8) is 0 Å². The zero-order valence-corrected chi connectivity index (χ0v) is 20.9. The Kier molecular flexibility index (Phi) is 7.73. The number of halogens is 1. The molecule has 0 unspecified atom stereocenters. The highest BCUT2D eigenvalue weighted by atomic mass is 79.9. The summed E-state index contributed by atoms with van der Waals surface area (Å²) >= 11 is 4.63. The minimum Gasteiger partial charge on any atom is -0.507 e. The number of carbonyl (C=O) groups excluding carboxylic acids is 1. The van der Waals surface area contributed by atoms with Crippen molar-refractivity contribution in [2.45, 2.75) is 44.8 Å². The molecule has 168 valence electrons. The monoisotopic (exact) mass is 515 g/mol. The Morgan fingerprint density at radius 2 is 1.94 bits per heavy atom. The van der Waals surface area contributed by atoms with Gasteiger partial charge in [-0.15, -0.1) is 10.2 Å². The molecule has 3 rings (SSSR count). The van der Waals surface area contributed by atoms with Gasteiger partial charge in [-0.25, -0.2) is 5.43 Å². The molecule has 7 nitrogen and oxygen atoms in total. The van der Waals surface area contributed by atoms with Crippen molar-refractivity contribution in [3.8, 4) is 17.1 Å². The van der Waals surface area contributed by atoms with Gasteiger partial charge in [0, 0.05) is 22.1 Å². The van der Waals surface area contributed by atoms with Crippen LogP contribution in [0.15, 0.2) is 57.2 Å². The molecule has 0 saturated heterocycles. The predicted octanol–water partition coefficient (Wildman–Crippen LogP) is 4.97. The maximum absolute atomic E-state index is 12.2. The molecule has 1 aromatic heterocycles. The van der Waals surface area contributed by atoms with Gasteiger partial charge in [-0.1, -0.05) is 72.7 Å². The van der Waals surface area contributed by atoms with E-state index in [-0.39, 0.29) is 22.8 Å². The quantitative estimate of drug-likeness (QED) is 0.263. The molecule has 3 aromatic rings. The third-order valence-electron chi connectivity index (χ3n) is 4.76. The highest BCUT2D eigenvalue weighted by Crippen LogP contribution is 2.27. The fraction of sp³-hybridized carbons (Fsp3) is 0.304. The van der Waals surface area contributed by atoms with E-state index in [1.54, 1.807) is 18.2 Å². The van der Waals surface area contributed by atoms with Crippen molar-refractivity contribution in [2.75, 3.05) is 5.75 Å². The fourth-order valence-electron chi connectivity index (χ4n) is 2.98. The predicted molar refractivity (Wildman–Crippen MR) is 132 cm³/mol. The number of aromatic hydroxyl groups is 1. The van der Waals surface area contributed by atoms with Gasteiger partial charge in [-0.2, -0.15) is 5.10 Å². The molecule has 0 atom stereocenters. The summed E-state index contributed by atoms with van der Waals surface area (Å²) in [6, 6.07) is 13.3. The van der Waals surface area contributed by atoms with Gasteiger partial charge in [0.25, 0.3) is 5.91 Å². The zero-order valence-electron chi connectivity index (χ0n) is 18.5. The molecule has 0 radical (unpaired) electrons. The van der Waals surface area contributed by atoms with Gasteiger partial charge in [-0.05, 0) is 36.1 Å². The first-order valence-corrected chi connectivity index (χ1v) is 11.9. The third kappa shape index (κ3) is 5.98. The largest absolute Gasteiger partial charge is 0.507 e. The van der Waals surface area contributed by atoms with E-state index in [4.69, 9.17) is 0 Å². The second-order valence-electron chi connectivity index (χ2n) is 8.16. The number of phenolic OH excluding ortho intramolecular Hbond substituents is 1. The van der Waals surface area contributed by atoms with Crippen molar-refractivity contribution >= 4 is 39.8 Å². The van der Waals surface area contributed by atoms with Crippen LogP contribution in [0.4, 0.5) is 0 Å². The van der Waals surface area contributed by atoms with Crippen molar-refractivity contribution in [3.05, 3.63) is 58.1 Å². The minimum absolute atomic E-state index is 0.0830. The number of hydrogen-bond acceptors (Lipinski definition) is 6. The van der Waals surface area contributed by atoms with Gasteiger partial charge >= 0.3 is 0 Å². The fourth-order valence-corrected chi connectivity index (χ4v) is 4.15. The van der Waals surface area contributed by atoms with Crippen LogP contribution in [0.2, 0.25) is 0 Å². The van der Waals surface area contributed by atoms with Crippen LogP contribution in [0.25, 0.3) is 11.4 Å². The molecule has 0 aliphatic heterocycles. The molecule has 0 aliphatic rings. The van der Waals surface area contributed by atoms with Crippen molar-refractivity contribution in [2.24, 2.45) is 5.10 Å². The highest BCUT2D eigenvalue weighted by molar-refractivity contribution is 9.10. The van der Waals surface area contributed by atoms with Gasteiger partial charge in [0.2, 0.25) is 0 Å². The number of nitrogens with one attached hydrogen (secondary N) is 1. The smallest absolute Gasteiger partial charge is 0.250 e. The molecule has 9 heteroatoms. The summed E-state index contributed by atoms with van der Waals surface area (Å²) in [6.07, 6.45) is 1.40. The van der Waals surface area contributed by atoms with Crippen LogP contribution in [-0.4, -0.2) is 37.7 Å². The van der Waals surface area contributed by atoms with E-state index >= 15 is 0 Å². The highest BCUT2D eigenvalue weighted by Gasteiger charge is 2.17. The molecule has 0 spiro atoms. The van der Waals surface area contributed by atoms with E-state index < -0.39 is 0 Å². The lowest BCUT2D eigenvalue weighted by atomic mass is 9.87. The van der Waals surface area contributed by atoms with Gasteiger partial charge < -0.3 is 9.67 Å². The number of hydrogen-bond donors (Lipinski definition) is 2. The van der Waals surface area contributed by atoms with Crippen LogP contribution < -0.4 is 5.43 Å². The first-order chi connectivity index (χ1) is 15.2. The summed E-state index contributed by atoms with van der Waals surface area (Å²) in [5.74, 6) is 0.726. The summed E-state index contributed by atoms with van der Waals surface area (Å²) in [7, 11) is 0. The summed E-state index contributed by atoms with van der Waals surface area (Å²) in [4.78, 5) is 12.2. The zero-order chi connectivity index (χ0) is 23.3. The van der Waals surface area contributed by atoms with Crippen LogP contribution >= 0.6 is 27.7 Å². The average molecular weight is 516 g/mol. The van der Waals surface area contributed by atoms with Gasteiger partial charge in [0.05, 0.1) is 12.0 Å². The van der Waals surface area contributed by atoms with Crippen molar-refractivity contribution in [1.82, 2.24) is 20.2 Å². The number of rotatable bonds is 7. The SMILES string of the molecule is CCn1c(SCC(=O)N/N=C/c2cc(Br)ccc2O)nnc1-c1ccc(C(C)(C)C)cc1.